The van der Waals surface area contributed by atoms with Crippen LogP contribution in [0.15, 0.2) is 23.1 Å². The van der Waals surface area contributed by atoms with Gasteiger partial charge in [0.2, 0.25) is 0 Å². The Labute approximate surface area is 107 Å². The third-order valence-corrected chi connectivity index (χ3v) is 3.68. The van der Waals surface area contributed by atoms with Gasteiger partial charge in [0.1, 0.15) is 0 Å². The summed E-state index contributed by atoms with van der Waals surface area (Å²) in [7, 11) is 0. The number of alkyl halides is 3. The Balaban J connectivity index is 2.73. The highest BCUT2D eigenvalue weighted by molar-refractivity contribution is 7.99. The molecule has 0 aromatic heterocycles. The number of carbonyl (C=O) groups is 1. The zero-order valence-corrected chi connectivity index (χ0v) is 10.7. The van der Waals surface area contributed by atoms with Crippen LogP contribution in [0.2, 0.25) is 0 Å². The molecule has 0 amide bonds. The molecular weight excluding hydrogens is 265 g/mol. The van der Waals surface area contributed by atoms with Gasteiger partial charge in [-0.05, 0) is 37.1 Å². The number of aryl methyl sites for hydroxylation is 2. The van der Waals surface area contributed by atoms with Gasteiger partial charge < -0.3 is 5.11 Å². The van der Waals surface area contributed by atoms with Crippen molar-refractivity contribution >= 4 is 17.7 Å². The molecule has 0 saturated carbocycles. The topological polar surface area (TPSA) is 37.3 Å². The van der Waals surface area contributed by atoms with Crippen molar-refractivity contribution in [1.29, 1.82) is 0 Å². The van der Waals surface area contributed by atoms with Gasteiger partial charge in [0.15, 0.2) is 5.92 Å². The van der Waals surface area contributed by atoms with Crippen LogP contribution in [0.25, 0.3) is 0 Å². The number of thioether (sulfide) groups is 1. The van der Waals surface area contributed by atoms with Crippen molar-refractivity contribution in [3.8, 4) is 0 Å². The Hall–Kier alpha value is -1.17. The maximum absolute atomic E-state index is 12.4. The second-order valence-corrected chi connectivity index (χ2v) is 5.08. The first-order chi connectivity index (χ1) is 8.21. The lowest BCUT2D eigenvalue weighted by atomic mass is 10.1. The Kier molecular flexibility index (Phi) is 4.67. The molecule has 1 atom stereocenters. The average molecular weight is 278 g/mol. The molecule has 1 N–H and O–H groups in total. The summed E-state index contributed by atoms with van der Waals surface area (Å²) in [5, 5.41) is 8.55. The first-order valence-corrected chi connectivity index (χ1v) is 6.20. The van der Waals surface area contributed by atoms with Crippen molar-refractivity contribution in [1.82, 2.24) is 0 Å². The lowest BCUT2D eigenvalue weighted by Crippen LogP contribution is -2.32. The molecule has 1 unspecified atom stereocenters. The van der Waals surface area contributed by atoms with E-state index in [4.69, 9.17) is 5.11 Å². The Bertz CT molecular complexity index is 443. The van der Waals surface area contributed by atoms with E-state index in [2.05, 4.69) is 0 Å². The second-order valence-electron chi connectivity index (χ2n) is 3.99. The molecule has 0 spiro atoms. The zero-order valence-electron chi connectivity index (χ0n) is 9.91. The van der Waals surface area contributed by atoms with Gasteiger partial charge in [-0.2, -0.15) is 13.2 Å². The summed E-state index contributed by atoms with van der Waals surface area (Å²) in [5.74, 6) is -4.68. The average Bonchev–Trinajstić information content (AvgIpc) is 2.21. The standard InChI is InChI=1S/C12H13F3O2S/c1-7-3-4-9(5-8(7)2)18-6-10(11(16)17)12(13,14)15/h3-5,10H,6H2,1-2H3,(H,16,17). The number of hydrogen-bond acceptors (Lipinski definition) is 2. The quantitative estimate of drug-likeness (QED) is 0.854. The maximum Gasteiger partial charge on any atom is 0.403 e. The van der Waals surface area contributed by atoms with E-state index in [1.54, 1.807) is 18.2 Å². The van der Waals surface area contributed by atoms with Crippen LogP contribution in [0.4, 0.5) is 13.2 Å². The molecule has 0 fully saturated rings. The van der Waals surface area contributed by atoms with Gasteiger partial charge in [0.25, 0.3) is 0 Å². The van der Waals surface area contributed by atoms with Gasteiger partial charge in [-0.15, -0.1) is 11.8 Å². The number of halogens is 3. The van der Waals surface area contributed by atoms with Crippen LogP contribution in [-0.4, -0.2) is 23.0 Å². The fraction of sp³-hybridized carbons (Fsp3) is 0.417. The van der Waals surface area contributed by atoms with E-state index in [1.807, 2.05) is 13.8 Å². The molecule has 0 aliphatic rings. The van der Waals surface area contributed by atoms with Crippen molar-refractivity contribution in [2.45, 2.75) is 24.9 Å². The summed E-state index contributed by atoms with van der Waals surface area (Å²) in [4.78, 5) is 11.2. The second kappa shape index (κ2) is 5.65. The first-order valence-electron chi connectivity index (χ1n) is 5.21. The minimum Gasteiger partial charge on any atom is -0.481 e. The molecular formula is C12H13F3O2S. The lowest BCUT2D eigenvalue weighted by Gasteiger charge is -2.15. The third kappa shape index (κ3) is 3.94. The Morgan fingerprint density at radius 1 is 1.33 bits per heavy atom. The van der Waals surface area contributed by atoms with Gasteiger partial charge in [-0.1, -0.05) is 6.07 Å². The molecule has 1 aromatic carbocycles. The highest BCUT2D eigenvalue weighted by atomic mass is 32.2. The lowest BCUT2D eigenvalue weighted by molar-refractivity contribution is -0.188. The van der Waals surface area contributed by atoms with Crippen LogP contribution in [0.5, 0.6) is 0 Å². The smallest absolute Gasteiger partial charge is 0.403 e. The molecule has 0 saturated heterocycles. The van der Waals surface area contributed by atoms with E-state index in [9.17, 15) is 18.0 Å². The van der Waals surface area contributed by atoms with Crippen molar-refractivity contribution in [3.63, 3.8) is 0 Å². The van der Waals surface area contributed by atoms with E-state index >= 15 is 0 Å². The summed E-state index contributed by atoms with van der Waals surface area (Å²) in [5.41, 5.74) is 2.02. The molecule has 0 aliphatic heterocycles. The summed E-state index contributed by atoms with van der Waals surface area (Å²) >= 11 is 0.906. The predicted molar refractivity (Wildman–Crippen MR) is 63.8 cm³/mol. The predicted octanol–water partition coefficient (Wildman–Crippen LogP) is 3.66. The zero-order chi connectivity index (χ0) is 13.9. The Morgan fingerprint density at radius 3 is 2.39 bits per heavy atom. The summed E-state index contributed by atoms with van der Waals surface area (Å²) < 4.78 is 37.3. The fourth-order valence-electron chi connectivity index (χ4n) is 1.29. The molecule has 2 nitrogen and oxygen atoms in total. The maximum atomic E-state index is 12.4. The van der Waals surface area contributed by atoms with Gasteiger partial charge >= 0.3 is 12.1 Å². The summed E-state index contributed by atoms with van der Waals surface area (Å²) in [6.45, 7) is 3.76. The van der Waals surface area contributed by atoms with Gasteiger partial charge in [0.05, 0.1) is 0 Å². The number of aliphatic carboxylic acids is 1. The van der Waals surface area contributed by atoms with Crippen LogP contribution >= 0.6 is 11.8 Å². The molecule has 0 bridgehead atoms. The molecule has 1 rings (SSSR count). The molecule has 100 valence electrons. The molecule has 0 radical (unpaired) electrons. The number of benzene rings is 1. The monoisotopic (exact) mass is 278 g/mol. The molecule has 18 heavy (non-hydrogen) atoms. The van der Waals surface area contributed by atoms with Crippen molar-refractivity contribution < 1.29 is 23.1 Å². The Morgan fingerprint density at radius 2 is 1.94 bits per heavy atom. The van der Waals surface area contributed by atoms with Gasteiger partial charge in [-0.25, -0.2) is 0 Å². The number of hydrogen-bond donors (Lipinski definition) is 1. The molecule has 0 aliphatic carbocycles. The first kappa shape index (κ1) is 14.9. The van der Waals surface area contributed by atoms with Gasteiger partial charge in [-0.3, -0.25) is 4.79 Å². The minimum atomic E-state index is -4.71. The van der Waals surface area contributed by atoms with Crippen LogP contribution < -0.4 is 0 Å². The van der Waals surface area contributed by atoms with E-state index in [1.165, 1.54) is 0 Å². The van der Waals surface area contributed by atoms with Crippen LogP contribution in [0, 0.1) is 19.8 Å². The summed E-state index contributed by atoms with van der Waals surface area (Å²) in [6, 6.07) is 5.26. The van der Waals surface area contributed by atoms with E-state index in [-0.39, 0.29) is 0 Å². The van der Waals surface area contributed by atoms with E-state index in [0.29, 0.717) is 4.90 Å². The molecule has 6 heteroatoms. The minimum absolute atomic E-state index is 0.513. The normalized spacial score (nSPS) is 13.4. The highest BCUT2D eigenvalue weighted by Gasteiger charge is 2.44. The highest BCUT2D eigenvalue weighted by Crippen LogP contribution is 2.32. The molecule has 0 heterocycles. The fourth-order valence-corrected chi connectivity index (χ4v) is 2.40. The number of carboxylic acids is 1. The van der Waals surface area contributed by atoms with Crippen LogP contribution in [-0.2, 0) is 4.79 Å². The summed E-state index contributed by atoms with van der Waals surface area (Å²) in [6.07, 6.45) is -4.71. The number of carboxylic acid groups (broad SMARTS) is 1. The van der Waals surface area contributed by atoms with Crippen LogP contribution in [0.3, 0.4) is 0 Å². The van der Waals surface area contributed by atoms with Gasteiger partial charge in [0, 0.05) is 10.6 Å². The third-order valence-electron chi connectivity index (χ3n) is 2.59. The van der Waals surface area contributed by atoms with E-state index < -0.39 is 23.8 Å². The van der Waals surface area contributed by atoms with Crippen LogP contribution in [0.1, 0.15) is 11.1 Å². The van der Waals surface area contributed by atoms with Crippen molar-refractivity contribution in [3.05, 3.63) is 29.3 Å². The number of rotatable bonds is 4. The SMILES string of the molecule is Cc1ccc(SCC(C(=O)O)C(F)(F)F)cc1C. The largest absolute Gasteiger partial charge is 0.481 e. The van der Waals surface area contributed by atoms with Crippen molar-refractivity contribution in [2.24, 2.45) is 5.92 Å². The van der Waals surface area contributed by atoms with Crippen molar-refractivity contribution in [2.75, 3.05) is 5.75 Å². The van der Waals surface area contributed by atoms with E-state index in [0.717, 1.165) is 22.9 Å². The molecule has 1 aromatic rings.